The number of rotatable bonds is 10. The zero-order valence-electron chi connectivity index (χ0n) is 15.0. The summed E-state index contributed by atoms with van der Waals surface area (Å²) in [6.45, 7) is 8.04. The molecule has 0 bridgehead atoms. The maximum Gasteiger partial charge on any atom is 0.160 e. The number of aromatic nitrogens is 1. The highest BCUT2D eigenvalue weighted by Gasteiger charge is 2.28. The number of unbranched alkanes of at least 4 members (excludes halogenated alkanes) is 2. The first kappa shape index (κ1) is 19.7. The molecule has 0 aliphatic carbocycles. The van der Waals surface area contributed by atoms with Crippen molar-refractivity contribution in [1.29, 1.82) is 0 Å². The van der Waals surface area contributed by atoms with Gasteiger partial charge in [-0.1, -0.05) is 26.7 Å². The van der Waals surface area contributed by atoms with E-state index in [2.05, 4.69) is 51.8 Å². The standard InChI is InChI=1S/C19H31BrN2O2/c1-3-5-13-23-19(24-14-6-4-2)16-9-11-22(12-10-16)18-8-7-17(20)15-21-18/h7-8,15-16,19H,3-6,9-14H2,1-2H3. The minimum absolute atomic E-state index is 0.0388. The Bertz CT molecular complexity index is 437. The molecule has 0 radical (unpaired) electrons. The molecule has 0 amide bonds. The molecular weight excluding hydrogens is 368 g/mol. The van der Waals surface area contributed by atoms with Crippen molar-refractivity contribution >= 4 is 21.7 Å². The normalized spacial score (nSPS) is 16.1. The third-order valence-electron chi connectivity index (χ3n) is 4.52. The number of hydrogen-bond acceptors (Lipinski definition) is 4. The van der Waals surface area contributed by atoms with E-state index in [1.165, 1.54) is 0 Å². The average molecular weight is 399 g/mol. The molecule has 0 unspecified atom stereocenters. The van der Waals surface area contributed by atoms with Gasteiger partial charge in [0.1, 0.15) is 5.82 Å². The number of hydrogen-bond donors (Lipinski definition) is 0. The smallest absolute Gasteiger partial charge is 0.160 e. The molecule has 0 saturated carbocycles. The molecule has 24 heavy (non-hydrogen) atoms. The first-order chi connectivity index (χ1) is 11.7. The van der Waals surface area contributed by atoms with Crippen LogP contribution in [0, 0.1) is 5.92 Å². The Morgan fingerprint density at radius 2 is 1.75 bits per heavy atom. The van der Waals surface area contributed by atoms with Gasteiger partial charge >= 0.3 is 0 Å². The number of ether oxygens (including phenoxy) is 2. The van der Waals surface area contributed by atoms with Crippen LogP contribution in [0.5, 0.6) is 0 Å². The minimum atomic E-state index is -0.0388. The van der Waals surface area contributed by atoms with Gasteiger partial charge in [-0.25, -0.2) is 4.98 Å². The van der Waals surface area contributed by atoms with Crippen molar-refractivity contribution in [2.24, 2.45) is 5.92 Å². The third-order valence-corrected chi connectivity index (χ3v) is 4.99. The molecule has 1 aliphatic rings. The fourth-order valence-corrected chi connectivity index (χ4v) is 3.20. The van der Waals surface area contributed by atoms with Gasteiger partial charge in [0, 0.05) is 42.9 Å². The summed E-state index contributed by atoms with van der Waals surface area (Å²) in [5, 5.41) is 0. The molecule has 0 aromatic carbocycles. The van der Waals surface area contributed by atoms with Crippen molar-refractivity contribution in [1.82, 2.24) is 4.98 Å². The maximum atomic E-state index is 6.06. The number of piperidine rings is 1. The topological polar surface area (TPSA) is 34.6 Å². The lowest BCUT2D eigenvalue weighted by molar-refractivity contribution is -0.177. The Kier molecular flexibility index (Phi) is 9.07. The molecule has 1 fully saturated rings. The molecule has 1 saturated heterocycles. The second-order valence-electron chi connectivity index (χ2n) is 6.48. The van der Waals surface area contributed by atoms with Crippen molar-refractivity contribution in [2.75, 3.05) is 31.2 Å². The predicted octanol–water partition coefficient (Wildman–Crippen LogP) is 5.02. The van der Waals surface area contributed by atoms with Crippen LogP contribution in [0.3, 0.4) is 0 Å². The summed E-state index contributed by atoms with van der Waals surface area (Å²) in [4.78, 5) is 6.87. The van der Waals surface area contributed by atoms with Crippen LogP contribution in [0.2, 0.25) is 0 Å². The Balaban J connectivity index is 1.84. The molecule has 0 atom stereocenters. The van der Waals surface area contributed by atoms with Crippen molar-refractivity contribution in [3.63, 3.8) is 0 Å². The van der Waals surface area contributed by atoms with Gasteiger partial charge in [-0.15, -0.1) is 0 Å². The third kappa shape index (κ3) is 6.34. The SMILES string of the molecule is CCCCOC(OCCCC)C1CCN(c2ccc(Br)cn2)CC1. The summed E-state index contributed by atoms with van der Waals surface area (Å²) in [5.41, 5.74) is 0. The van der Waals surface area contributed by atoms with E-state index in [1.54, 1.807) is 0 Å². The highest BCUT2D eigenvalue weighted by molar-refractivity contribution is 9.10. The molecule has 1 aliphatic heterocycles. The number of halogens is 1. The Hall–Kier alpha value is -0.650. The van der Waals surface area contributed by atoms with Crippen molar-refractivity contribution < 1.29 is 9.47 Å². The van der Waals surface area contributed by atoms with Crippen LogP contribution in [0.1, 0.15) is 52.4 Å². The van der Waals surface area contributed by atoms with Crippen LogP contribution in [0.4, 0.5) is 5.82 Å². The zero-order chi connectivity index (χ0) is 17.2. The van der Waals surface area contributed by atoms with Gasteiger partial charge in [0.15, 0.2) is 6.29 Å². The second kappa shape index (κ2) is 11.1. The molecule has 136 valence electrons. The van der Waals surface area contributed by atoms with E-state index in [0.717, 1.165) is 75.1 Å². The van der Waals surface area contributed by atoms with Crippen molar-refractivity contribution in [3.05, 3.63) is 22.8 Å². The largest absolute Gasteiger partial charge is 0.357 e. The summed E-state index contributed by atoms with van der Waals surface area (Å²) < 4.78 is 13.1. The Labute approximate surface area is 155 Å². The quantitative estimate of drug-likeness (QED) is 0.409. The molecule has 0 spiro atoms. The predicted molar refractivity (Wildman–Crippen MR) is 102 cm³/mol. The summed E-state index contributed by atoms with van der Waals surface area (Å²) in [6, 6.07) is 4.14. The lowest BCUT2D eigenvalue weighted by Crippen LogP contribution is -2.40. The number of anilines is 1. The zero-order valence-corrected chi connectivity index (χ0v) is 16.6. The van der Waals surface area contributed by atoms with E-state index in [1.807, 2.05) is 6.20 Å². The van der Waals surface area contributed by atoms with Crippen LogP contribution < -0.4 is 4.90 Å². The van der Waals surface area contributed by atoms with Gasteiger partial charge in [0.05, 0.1) is 0 Å². The molecule has 1 aromatic rings. The molecule has 2 heterocycles. The van der Waals surface area contributed by atoms with Gasteiger partial charge in [0.25, 0.3) is 0 Å². The highest BCUT2D eigenvalue weighted by atomic mass is 79.9. The Morgan fingerprint density at radius 3 is 2.25 bits per heavy atom. The van der Waals surface area contributed by atoms with E-state index in [-0.39, 0.29) is 6.29 Å². The van der Waals surface area contributed by atoms with E-state index in [9.17, 15) is 0 Å². The number of pyridine rings is 1. The summed E-state index contributed by atoms with van der Waals surface area (Å²) >= 11 is 3.44. The summed E-state index contributed by atoms with van der Waals surface area (Å²) in [6.07, 6.45) is 8.56. The van der Waals surface area contributed by atoms with E-state index >= 15 is 0 Å². The minimum Gasteiger partial charge on any atom is -0.357 e. The summed E-state index contributed by atoms with van der Waals surface area (Å²) in [5.74, 6) is 1.55. The first-order valence-corrected chi connectivity index (χ1v) is 10.1. The van der Waals surface area contributed by atoms with Crippen LogP contribution >= 0.6 is 15.9 Å². The van der Waals surface area contributed by atoms with E-state index < -0.39 is 0 Å². The molecule has 5 heteroatoms. The summed E-state index contributed by atoms with van der Waals surface area (Å²) in [7, 11) is 0. The van der Waals surface area contributed by atoms with Crippen LogP contribution in [-0.2, 0) is 9.47 Å². The van der Waals surface area contributed by atoms with Gasteiger partial charge in [-0.05, 0) is 53.7 Å². The van der Waals surface area contributed by atoms with Crippen LogP contribution in [0.15, 0.2) is 22.8 Å². The fraction of sp³-hybridized carbons (Fsp3) is 0.737. The van der Waals surface area contributed by atoms with Crippen molar-refractivity contribution in [2.45, 2.75) is 58.7 Å². The van der Waals surface area contributed by atoms with Crippen LogP contribution in [-0.4, -0.2) is 37.6 Å². The lowest BCUT2D eigenvalue weighted by Gasteiger charge is -2.36. The average Bonchev–Trinajstić information content (AvgIpc) is 2.62. The molecular formula is C19H31BrN2O2. The molecule has 0 N–H and O–H groups in total. The van der Waals surface area contributed by atoms with Gasteiger partial charge in [0.2, 0.25) is 0 Å². The monoisotopic (exact) mass is 398 g/mol. The fourth-order valence-electron chi connectivity index (χ4n) is 2.96. The maximum absolute atomic E-state index is 6.06. The molecule has 4 nitrogen and oxygen atoms in total. The van der Waals surface area contributed by atoms with E-state index in [4.69, 9.17) is 9.47 Å². The Morgan fingerprint density at radius 1 is 1.12 bits per heavy atom. The van der Waals surface area contributed by atoms with E-state index in [0.29, 0.717) is 5.92 Å². The van der Waals surface area contributed by atoms with Gasteiger partial charge < -0.3 is 14.4 Å². The first-order valence-electron chi connectivity index (χ1n) is 9.34. The number of nitrogens with zero attached hydrogens (tertiary/aromatic N) is 2. The second-order valence-corrected chi connectivity index (χ2v) is 7.39. The van der Waals surface area contributed by atoms with Gasteiger partial charge in [-0.3, -0.25) is 0 Å². The molecule has 1 aromatic heterocycles. The molecule has 2 rings (SSSR count). The highest BCUT2D eigenvalue weighted by Crippen LogP contribution is 2.27. The lowest BCUT2D eigenvalue weighted by atomic mass is 9.96. The van der Waals surface area contributed by atoms with Crippen molar-refractivity contribution in [3.8, 4) is 0 Å². The van der Waals surface area contributed by atoms with Crippen LogP contribution in [0.25, 0.3) is 0 Å². The van der Waals surface area contributed by atoms with Gasteiger partial charge in [-0.2, -0.15) is 0 Å².